The van der Waals surface area contributed by atoms with Gasteiger partial charge in [0.2, 0.25) is 0 Å². The number of carbonyl (C=O) groups excluding carboxylic acids is 1. The van der Waals surface area contributed by atoms with Crippen molar-refractivity contribution in [2.24, 2.45) is 5.73 Å². The maximum absolute atomic E-state index is 13.3. The zero-order valence-corrected chi connectivity index (χ0v) is 19.5. The molecule has 1 aliphatic rings. The van der Waals surface area contributed by atoms with Crippen molar-refractivity contribution in [3.63, 3.8) is 0 Å². The number of nitrogens with two attached hydrogens (primary N) is 1. The van der Waals surface area contributed by atoms with Gasteiger partial charge in [0, 0.05) is 30.4 Å². The van der Waals surface area contributed by atoms with Gasteiger partial charge in [0.1, 0.15) is 11.5 Å². The average Bonchev–Trinajstić information content (AvgIpc) is 3.23. The van der Waals surface area contributed by atoms with Crippen LogP contribution in [0, 0.1) is 6.92 Å². The summed E-state index contributed by atoms with van der Waals surface area (Å²) < 4.78 is 2.00. The highest BCUT2D eigenvalue weighted by molar-refractivity contribution is 6.01. The molecule has 0 bridgehead atoms. The lowest BCUT2D eigenvalue weighted by molar-refractivity contribution is 0.0927. The Morgan fingerprint density at radius 2 is 1.74 bits per heavy atom. The van der Waals surface area contributed by atoms with E-state index >= 15 is 0 Å². The third kappa shape index (κ3) is 4.54. The Hall–Kier alpha value is -3.64. The Kier molecular flexibility index (Phi) is 6.32. The van der Waals surface area contributed by atoms with Crippen molar-refractivity contribution in [3.05, 3.63) is 89.6 Å². The molecule has 2 heterocycles. The first-order chi connectivity index (χ1) is 16.6. The lowest BCUT2D eigenvalue weighted by Crippen LogP contribution is -2.40. The summed E-state index contributed by atoms with van der Waals surface area (Å²) in [6, 6.07) is 22.7. The third-order valence-corrected chi connectivity index (χ3v) is 6.70. The summed E-state index contributed by atoms with van der Waals surface area (Å²) in [4.78, 5) is 18.3. The minimum Gasteiger partial charge on any atom is -0.365 e. The van der Waals surface area contributed by atoms with Gasteiger partial charge in [-0.25, -0.2) is 4.98 Å². The van der Waals surface area contributed by atoms with Gasteiger partial charge < -0.3 is 16.4 Å². The molecule has 6 heteroatoms. The van der Waals surface area contributed by atoms with Crippen LogP contribution >= 0.6 is 0 Å². The van der Waals surface area contributed by atoms with E-state index in [9.17, 15) is 4.79 Å². The zero-order valence-electron chi connectivity index (χ0n) is 19.5. The van der Waals surface area contributed by atoms with E-state index in [1.165, 1.54) is 5.56 Å². The number of nitrogens with one attached hydrogen (secondary N) is 2. The van der Waals surface area contributed by atoms with Crippen LogP contribution in [-0.2, 0) is 6.54 Å². The van der Waals surface area contributed by atoms with Gasteiger partial charge in [0.15, 0.2) is 5.65 Å². The Morgan fingerprint density at radius 3 is 2.50 bits per heavy atom. The van der Waals surface area contributed by atoms with Gasteiger partial charge in [-0.05, 0) is 55.9 Å². The standard InChI is InChI=1S/C28H31N5O/c1-19-8-5-6-11-23(19)25-27(30-18-20-9-3-2-4-10-20)33-17-7-12-24(26(33)32-25)28(34)31-22-15-13-21(29)14-16-22/h2-12,17,21-22,30H,13-16,18,29H2,1H3,(H,31,34). The van der Waals surface area contributed by atoms with Crippen LogP contribution in [0.3, 0.4) is 0 Å². The van der Waals surface area contributed by atoms with Crippen molar-refractivity contribution in [1.82, 2.24) is 14.7 Å². The Bertz CT molecular complexity index is 1290. The second-order valence-corrected chi connectivity index (χ2v) is 9.16. The highest BCUT2D eigenvalue weighted by Crippen LogP contribution is 2.32. The highest BCUT2D eigenvalue weighted by Gasteiger charge is 2.24. The molecule has 5 rings (SSSR count). The van der Waals surface area contributed by atoms with Crippen molar-refractivity contribution in [3.8, 4) is 11.3 Å². The maximum Gasteiger partial charge on any atom is 0.255 e. The van der Waals surface area contributed by atoms with Crippen LogP contribution in [0.5, 0.6) is 0 Å². The monoisotopic (exact) mass is 453 g/mol. The number of aryl methyl sites for hydroxylation is 1. The smallest absolute Gasteiger partial charge is 0.255 e. The summed E-state index contributed by atoms with van der Waals surface area (Å²) in [5.41, 5.74) is 11.5. The first-order valence-electron chi connectivity index (χ1n) is 12.0. The molecule has 2 aromatic heterocycles. The Balaban J connectivity index is 1.53. The lowest BCUT2D eigenvalue weighted by atomic mass is 9.91. The summed E-state index contributed by atoms with van der Waals surface area (Å²) >= 11 is 0. The van der Waals surface area contributed by atoms with Gasteiger partial charge in [0.05, 0.1) is 5.56 Å². The van der Waals surface area contributed by atoms with Gasteiger partial charge in [-0.3, -0.25) is 9.20 Å². The zero-order chi connectivity index (χ0) is 23.5. The van der Waals surface area contributed by atoms with E-state index < -0.39 is 0 Å². The molecule has 174 valence electrons. The van der Waals surface area contributed by atoms with E-state index in [-0.39, 0.29) is 18.0 Å². The van der Waals surface area contributed by atoms with E-state index in [1.807, 2.05) is 53.1 Å². The van der Waals surface area contributed by atoms with E-state index in [4.69, 9.17) is 10.7 Å². The van der Waals surface area contributed by atoms with Crippen LogP contribution < -0.4 is 16.4 Å². The molecule has 0 atom stereocenters. The third-order valence-electron chi connectivity index (χ3n) is 6.70. The molecule has 0 radical (unpaired) electrons. The Morgan fingerprint density at radius 1 is 1.00 bits per heavy atom. The molecule has 2 aromatic carbocycles. The average molecular weight is 454 g/mol. The molecule has 1 amide bonds. The first-order valence-corrected chi connectivity index (χ1v) is 12.0. The van der Waals surface area contributed by atoms with E-state index in [0.29, 0.717) is 17.8 Å². The van der Waals surface area contributed by atoms with Crippen molar-refractivity contribution in [1.29, 1.82) is 0 Å². The molecule has 0 saturated heterocycles. The molecule has 1 saturated carbocycles. The predicted molar refractivity (Wildman–Crippen MR) is 137 cm³/mol. The minimum atomic E-state index is -0.0815. The fourth-order valence-corrected chi connectivity index (χ4v) is 4.75. The quantitative estimate of drug-likeness (QED) is 0.387. The van der Waals surface area contributed by atoms with Crippen LogP contribution in [0.4, 0.5) is 5.82 Å². The second kappa shape index (κ2) is 9.69. The first kappa shape index (κ1) is 22.2. The summed E-state index contributed by atoms with van der Waals surface area (Å²) in [7, 11) is 0. The Labute approximate surface area is 200 Å². The van der Waals surface area contributed by atoms with Crippen molar-refractivity contribution in [2.75, 3.05) is 5.32 Å². The molecular weight excluding hydrogens is 422 g/mol. The number of imidazole rings is 1. The van der Waals surface area contributed by atoms with Crippen LogP contribution in [0.1, 0.15) is 47.2 Å². The van der Waals surface area contributed by atoms with Crippen LogP contribution in [0.25, 0.3) is 16.9 Å². The lowest BCUT2D eigenvalue weighted by Gasteiger charge is -2.26. The fourth-order valence-electron chi connectivity index (χ4n) is 4.75. The fraction of sp³-hybridized carbons (Fsp3) is 0.286. The van der Waals surface area contributed by atoms with E-state index in [2.05, 4.69) is 41.8 Å². The SMILES string of the molecule is Cc1ccccc1-c1nc2c(C(=O)NC3CCC(N)CC3)cccn2c1NCc1ccccc1. The largest absolute Gasteiger partial charge is 0.365 e. The van der Waals surface area contributed by atoms with Gasteiger partial charge in [-0.15, -0.1) is 0 Å². The van der Waals surface area contributed by atoms with Crippen LogP contribution in [0.15, 0.2) is 72.9 Å². The summed E-state index contributed by atoms with van der Waals surface area (Å²) in [5, 5.41) is 6.80. The molecule has 1 fully saturated rings. The molecule has 4 N–H and O–H groups in total. The summed E-state index contributed by atoms with van der Waals surface area (Å²) in [6.45, 7) is 2.74. The van der Waals surface area contributed by atoms with Gasteiger partial charge in [0.25, 0.3) is 5.91 Å². The number of aromatic nitrogens is 2. The van der Waals surface area contributed by atoms with Crippen LogP contribution in [0.2, 0.25) is 0 Å². The topological polar surface area (TPSA) is 84.5 Å². The van der Waals surface area contributed by atoms with E-state index in [0.717, 1.165) is 48.3 Å². The number of amides is 1. The van der Waals surface area contributed by atoms with Crippen molar-refractivity contribution >= 4 is 17.4 Å². The molecule has 0 aliphatic heterocycles. The molecule has 34 heavy (non-hydrogen) atoms. The minimum absolute atomic E-state index is 0.0815. The number of hydrogen-bond acceptors (Lipinski definition) is 4. The molecule has 4 aromatic rings. The number of nitrogens with zero attached hydrogens (tertiary/aromatic N) is 2. The maximum atomic E-state index is 13.3. The number of carbonyl (C=O) groups is 1. The molecule has 6 nitrogen and oxygen atoms in total. The van der Waals surface area contributed by atoms with Crippen molar-refractivity contribution in [2.45, 2.75) is 51.2 Å². The molecule has 1 aliphatic carbocycles. The number of hydrogen-bond donors (Lipinski definition) is 3. The number of fused-ring (bicyclic) bond motifs is 1. The predicted octanol–water partition coefficient (Wildman–Crippen LogP) is 4.92. The van der Waals surface area contributed by atoms with Gasteiger partial charge >= 0.3 is 0 Å². The van der Waals surface area contributed by atoms with Gasteiger partial charge in [-0.1, -0.05) is 54.6 Å². The number of rotatable bonds is 6. The number of benzene rings is 2. The summed E-state index contributed by atoms with van der Waals surface area (Å²) in [6.07, 6.45) is 5.70. The molecule has 0 unspecified atom stereocenters. The molecule has 0 spiro atoms. The number of anilines is 1. The highest BCUT2D eigenvalue weighted by atomic mass is 16.1. The number of pyridine rings is 1. The summed E-state index contributed by atoms with van der Waals surface area (Å²) in [5.74, 6) is 0.799. The van der Waals surface area contributed by atoms with Crippen LogP contribution in [-0.4, -0.2) is 27.4 Å². The molecular formula is C28H31N5O. The van der Waals surface area contributed by atoms with E-state index in [1.54, 1.807) is 0 Å². The van der Waals surface area contributed by atoms with Crippen molar-refractivity contribution < 1.29 is 4.79 Å². The van der Waals surface area contributed by atoms with Gasteiger partial charge in [-0.2, -0.15) is 0 Å². The second-order valence-electron chi connectivity index (χ2n) is 9.16. The normalized spacial score (nSPS) is 18.1.